The number of aryl methyl sites for hydroxylation is 1. The van der Waals surface area contributed by atoms with Crippen LogP contribution in [-0.2, 0) is 21.2 Å². The quantitative estimate of drug-likeness (QED) is 0.696. The molecule has 1 fully saturated rings. The van der Waals surface area contributed by atoms with Crippen LogP contribution < -0.4 is 15.4 Å². The van der Waals surface area contributed by atoms with Gasteiger partial charge >= 0.3 is 0 Å². The maximum atomic E-state index is 11.8. The van der Waals surface area contributed by atoms with Crippen LogP contribution in [0.25, 0.3) is 0 Å². The lowest BCUT2D eigenvalue weighted by atomic mass is 10.1. The van der Waals surface area contributed by atoms with E-state index in [1.165, 1.54) is 7.05 Å². The first-order valence-electron chi connectivity index (χ1n) is 7.04. The van der Waals surface area contributed by atoms with Crippen molar-refractivity contribution >= 4 is 28.3 Å². The lowest BCUT2D eigenvalue weighted by Gasteiger charge is -2.11. The molecule has 124 valence electrons. The van der Waals surface area contributed by atoms with Gasteiger partial charge in [-0.05, 0) is 44.1 Å². The minimum absolute atomic E-state index is 0. The Bertz CT molecular complexity index is 584. The third-order valence-corrected chi connectivity index (χ3v) is 5.00. The fraction of sp³-hybridized carbons (Fsp3) is 0.500. The number of halogens is 1. The van der Waals surface area contributed by atoms with E-state index in [4.69, 9.17) is 0 Å². The number of benzene rings is 1. The van der Waals surface area contributed by atoms with Crippen LogP contribution in [0.4, 0.5) is 0 Å². The van der Waals surface area contributed by atoms with Crippen LogP contribution in [0.2, 0.25) is 0 Å². The second kappa shape index (κ2) is 8.47. The summed E-state index contributed by atoms with van der Waals surface area (Å²) in [6.07, 6.45) is 1.99. The molecule has 0 radical (unpaired) electrons. The van der Waals surface area contributed by atoms with Gasteiger partial charge < -0.3 is 10.6 Å². The predicted octanol–water partition coefficient (Wildman–Crippen LogP) is 0.427. The zero-order valence-electron chi connectivity index (χ0n) is 12.5. The Morgan fingerprint density at radius 2 is 2.00 bits per heavy atom. The Morgan fingerprint density at radius 1 is 1.32 bits per heavy atom. The van der Waals surface area contributed by atoms with E-state index in [9.17, 15) is 13.2 Å². The average Bonchev–Trinajstić information content (AvgIpc) is 2.98. The summed E-state index contributed by atoms with van der Waals surface area (Å²) in [7, 11) is -2.02. The first kappa shape index (κ1) is 18.9. The molecule has 6 nitrogen and oxygen atoms in total. The minimum atomic E-state index is -3.40. The standard InChI is InChI=1S/C14H21N3O3S.ClH/c1-15-21(19,20)13-5-2-11(3-6-13)4-7-14(18)17-12-8-9-16-10-12;/h2-3,5-6,12,15-16H,4,7-10H2,1H3,(H,17,18);1H. The highest BCUT2D eigenvalue weighted by molar-refractivity contribution is 7.89. The van der Waals surface area contributed by atoms with Gasteiger partial charge in [0, 0.05) is 19.0 Å². The number of rotatable bonds is 6. The molecule has 1 heterocycles. The van der Waals surface area contributed by atoms with E-state index < -0.39 is 10.0 Å². The molecule has 1 atom stereocenters. The van der Waals surface area contributed by atoms with Gasteiger partial charge in [-0.1, -0.05) is 12.1 Å². The SMILES string of the molecule is CNS(=O)(=O)c1ccc(CCC(=O)NC2CCNC2)cc1.Cl. The highest BCUT2D eigenvalue weighted by atomic mass is 35.5. The molecular formula is C14H22ClN3O3S. The van der Waals surface area contributed by atoms with E-state index in [1.807, 2.05) is 0 Å². The summed E-state index contributed by atoms with van der Waals surface area (Å²) < 4.78 is 25.5. The Balaban J connectivity index is 0.00000242. The number of hydrogen-bond donors (Lipinski definition) is 3. The number of amides is 1. The second-order valence-corrected chi connectivity index (χ2v) is 7.00. The van der Waals surface area contributed by atoms with Gasteiger partial charge in [-0.2, -0.15) is 0 Å². The molecule has 1 unspecified atom stereocenters. The van der Waals surface area contributed by atoms with E-state index in [1.54, 1.807) is 24.3 Å². The number of hydrogen-bond acceptors (Lipinski definition) is 4. The Morgan fingerprint density at radius 3 is 2.55 bits per heavy atom. The Hall–Kier alpha value is -1.15. The molecule has 8 heteroatoms. The molecule has 3 N–H and O–H groups in total. The van der Waals surface area contributed by atoms with Crippen LogP contribution in [0.15, 0.2) is 29.2 Å². The number of nitrogens with one attached hydrogen (secondary N) is 3. The van der Waals surface area contributed by atoms with E-state index in [0.717, 1.165) is 25.1 Å². The largest absolute Gasteiger partial charge is 0.352 e. The van der Waals surface area contributed by atoms with E-state index in [2.05, 4.69) is 15.4 Å². The summed E-state index contributed by atoms with van der Waals surface area (Å²) in [5.74, 6) is 0.0376. The molecule has 0 aliphatic carbocycles. The van der Waals surface area contributed by atoms with Gasteiger partial charge in [0.25, 0.3) is 0 Å². The molecule has 22 heavy (non-hydrogen) atoms. The van der Waals surface area contributed by atoms with Crippen molar-refractivity contribution in [3.8, 4) is 0 Å². The number of sulfonamides is 1. The Labute approximate surface area is 137 Å². The molecule has 1 aliphatic rings. The van der Waals surface area contributed by atoms with Crippen LogP contribution in [0.5, 0.6) is 0 Å². The summed E-state index contributed by atoms with van der Waals surface area (Å²) in [5, 5.41) is 6.19. The maximum Gasteiger partial charge on any atom is 0.240 e. The van der Waals surface area contributed by atoms with Gasteiger partial charge in [-0.15, -0.1) is 12.4 Å². The van der Waals surface area contributed by atoms with Crippen LogP contribution in [0.3, 0.4) is 0 Å². The number of carbonyl (C=O) groups is 1. The smallest absolute Gasteiger partial charge is 0.240 e. The van der Waals surface area contributed by atoms with Crippen molar-refractivity contribution in [1.82, 2.24) is 15.4 Å². The van der Waals surface area contributed by atoms with Crippen LogP contribution >= 0.6 is 12.4 Å². The van der Waals surface area contributed by atoms with E-state index in [0.29, 0.717) is 12.8 Å². The summed E-state index contributed by atoms with van der Waals surface area (Å²) >= 11 is 0. The normalized spacial score (nSPS) is 17.8. The summed E-state index contributed by atoms with van der Waals surface area (Å²) in [6.45, 7) is 1.79. The highest BCUT2D eigenvalue weighted by Crippen LogP contribution is 2.11. The van der Waals surface area contributed by atoms with E-state index in [-0.39, 0.29) is 29.3 Å². The average molecular weight is 348 g/mol. The molecule has 1 saturated heterocycles. The summed E-state index contributed by atoms with van der Waals surface area (Å²) in [5.41, 5.74) is 0.949. The van der Waals surface area contributed by atoms with Gasteiger partial charge in [0.15, 0.2) is 0 Å². The zero-order valence-corrected chi connectivity index (χ0v) is 14.1. The number of carbonyl (C=O) groups excluding carboxylic acids is 1. The highest BCUT2D eigenvalue weighted by Gasteiger charge is 2.16. The van der Waals surface area contributed by atoms with E-state index >= 15 is 0 Å². The summed E-state index contributed by atoms with van der Waals surface area (Å²) in [6, 6.07) is 6.84. The first-order chi connectivity index (χ1) is 10.0. The van der Waals surface area contributed by atoms with Gasteiger partial charge in [0.1, 0.15) is 0 Å². The van der Waals surface area contributed by atoms with Crippen molar-refractivity contribution in [3.63, 3.8) is 0 Å². The van der Waals surface area contributed by atoms with Crippen molar-refractivity contribution in [1.29, 1.82) is 0 Å². The van der Waals surface area contributed by atoms with Gasteiger partial charge in [0.05, 0.1) is 4.90 Å². The molecule has 2 rings (SSSR count). The van der Waals surface area contributed by atoms with Crippen LogP contribution in [0.1, 0.15) is 18.4 Å². The van der Waals surface area contributed by atoms with Crippen molar-refractivity contribution in [2.24, 2.45) is 0 Å². The molecule has 0 aromatic heterocycles. The first-order valence-corrected chi connectivity index (χ1v) is 8.52. The van der Waals surface area contributed by atoms with Gasteiger partial charge in [-0.3, -0.25) is 4.79 Å². The third-order valence-electron chi connectivity index (χ3n) is 3.57. The van der Waals surface area contributed by atoms with Gasteiger partial charge in [-0.25, -0.2) is 13.1 Å². The summed E-state index contributed by atoms with van der Waals surface area (Å²) in [4.78, 5) is 12.0. The molecule has 0 saturated carbocycles. The molecule has 0 bridgehead atoms. The molecule has 1 aliphatic heterocycles. The predicted molar refractivity (Wildman–Crippen MR) is 87.7 cm³/mol. The Kier molecular flexibility index (Phi) is 7.28. The fourth-order valence-electron chi connectivity index (χ4n) is 2.29. The molecule has 1 aromatic rings. The monoisotopic (exact) mass is 347 g/mol. The zero-order chi connectivity index (χ0) is 15.3. The molecule has 0 spiro atoms. The third kappa shape index (κ3) is 5.24. The van der Waals surface area contributed by atoms with Gasteiger partial charge in [0.2, 0.25) is 15.9 Å². The topological polar surface area (TPSA) is 87.3 Å². The van der Waals surface area contributed by atoms with Crippen LogP contribution in [-0.4, -0.2) is 40.5 Å². The van der Waals surface area contributed by atoms with Crippen molar-refractivity contribution in [2.75, 3.05) is 20.1 Å². The molecular weight excluding hydrogens is 326 g/mol. The second-order valence-electron chi connectivity index (χ2n) is 5.11. The fourth-order valence-corrected chi connectivity index (χ4v) is 3.02. The van der Waals surface area contributed by atoms with Crippen molar-refractivity contribution in [2.45, 2.75) is 30.2 Å². The van der Waals surface area contributed by atoms with Crippen molar-refractivity contribution in [3.05, 3.63) is 29.8 Å². The molecule has 1 aromatic carbocycles. The lowest BCUT2D eigenvalue weighted by molar-refractivity contribution is -0.121. The van der Waals surface area contributed by atoms with Crippen LogP contribution in [0, 0.1) is 0 Å². The lowest BCUT2D eigenvalue weighted by Crippen LogP contribution is -2.36. The maximum absolute atomic E-state index is 11.8. The molecule has 1 amide bonds. The van der Waals surface area contributed by atoms with Crippen molar-refractivity contribution < 1.29 is 13.2 Å². The minimum Gasteiger partial charge on any atom is -0.352 e.